The lowest BCUT2D eigenvalue weighted by atomic mass is 9.85. The Bertz CT molecular complexity index is 2390. The second-order valence-corrected chi connectivity index (χ2v) is 12.2. The molecule has 0 unspecified atom stereocenters. The minimum absolute atomic E-state index is 0.261. The molecule has 0 N–H and O–H groups in total. The van der Waals surface area contributed by atoms with Gasteiger partial charge in [0, 0.05) is 38.7 Å². The Labute approximate surface area is 266 Å². The Morgan fingerprint density at radius 3 is 1.85 bits per heavy atom. The molecular weight excluding hydrogens is 564 g/mol. The molecule has 3 heterocycles. The van der Waals surface area contributed by atoms with E-state index in [4.69, 9.17) is 25.1 Å². The summed E-state index contributed by atoms with van der Waals surface area (Å²) in [5.74, 6) is 1.89. The van der Waals surface area contributed by atoms with Crippen molar-refractivity contribution in [1.29, 1.82) is 0 Å². The average molecular weight is 593 g/mol. The molecule has 0 saturated carbocycles. The smallest absolute Gasteiger partial charge is 0.164 e. The molecule has 1 aliphatic carbocycles. The highest BCUT2D eigenvalue weighted by atomic mass is 15.1. The van der Waals surface area contributed by atoms with Crippen LogP contribution in [-0.4, -0.2) is 29.7 Å². The van der Waals surface area contributed by atoms with Gasteiger partial charge in [0.25, 0.3) is 0 Å². The van der Waals surface area contributed by atoms with Crippen LogP contribution in [0.15, 0.2) is 133 Å². The first-order chi connectivity index (χ1) is 22.6. The second-order valence-electron chi connectivity index (χ2n) is 12.2. The van der Waals surface area contributed by atoms with Crippen LogP contribution in [0.25, 0.3) is 72.9 Å². The summed E-state index contributed by atoms with van der Waals surface area (Å²) in [4.78, 5) is 14.9. The van der Waals surface area contributed by atoms with Crippen LogP contribution in [-0.2, 0) is 5.41 Å². The summed E-state index contributed by atoms with van der Waals surface area (Å²) < 4.78 is 2.33. The van der Waals surface area contributed by atoms with Crippen LogP contribution in [0, 0.1) is 0 Å². The maximum absolute atomic E-state index is 5.00. The zero-order valence-corrected chi connectivity index (χ0v) is 25.4. The number of para-hydroxylation sites is 1. The topological polar surface area (TPSA) is 69.4 Å². The van der Waals surface area contributed by atoms with Crippen molar-refractivity contribution in [2.45, 2.75) is 19.3 Å². The standard InChI is InChI=1S/C40H28N6/c1-40(2)31-22-11-9-20-29(31)33-35-34(44-45-36(33)40)30-21-10-12-23-32(30)46(35)28-19-13-18-27(24-28)39-42-37(25-14-5-3-6-15-25)41-38(43-39)26-16-7-4-8-17-26/h3-24H,1-2H3. The van der Waals surface area contributed by atoms with Gasteiger partial charge in [0.2, 0.25) is 0 Å². The number of aromatic nitrogens is 6. The third-order valence-electron chi connectivity index (χ3n) is 9.10. The van der Waals surface area contributed by atoms with E-state index in [1.807, 2.05) is 60.7 Å². The highest BCUT2D eigenvalue weighted by Gasteiger charge is 2.39. The van der Waals surface area contributed by atoms with Crippen molar-refractivity contribution in [2.75, 3.05) is 0 Å². The van der Waals surface area contributed by atoms with Gasteiger partial charge in [-0.2, -0.15) is 5.10 Å². The number of hydrogen-bond donors (Lipinski definition) is 0. The van der Waals surface area contributed by atoms with E-state index in [0.717, 1.165) is 55.6 Å². The van der Waals surface area contributed by atoms with Crippen LogP contribution in [0.4, 0.5) is 0 Å². The number of rotatable bonds is 4. The summed E-state index contributed by atoms with van der Waals surface area (Å²) >= 11 is 0. The number of fused-ring (bicyclic) bond motifs is 7. The van der Waals surface area contributed by atoms with Crippen molar-refractivity contribution in [3.05, 3.63) is 145 Å². The lowest BCUT2D eigenvalue weighted by molar-refractivity contribution is 0.626. The molecule has 0 amide bonds. The fourth-order valence-corrected chi connectivity index (χ4v) is 6.87. The Morgan fingerprint density at radius 2 is 1.13 bits per heavy atom. The van der Waals surface area contributed by atoms with Gasteiger partial charge in [-0.25, -0.2) is 15.0 Å². The first-order valence-electron chi connectivity index (χ1n) is 15.5. The minimum Gasteiger partial charge on any atom is -0.307 e. The summed E-state index contributed by atoms with van der Waals surface area (Å²) in [6.07, 6.45) is 0. The Balaban J connectivity index is 1.30. The molecule has 3 aromatic heterocycles. The normalized spacial score (nSPS) is 13.2. The number of hydrogen-bond acceptors (Lipinski definition) is 5. The quantitative estimate of drug-likeness (QED) is 0.204. The van der Waals surface area contributed by atoms with E-state index >= 15 is 0 Å². The van der Waals surface area contributed by atoms with E-state index in [0.29, 0.717) is 17.5 Å². The van der Waals surface area contributed by atoms with Crippen LogP contribution in [0.3, 0.4) is 0 Å². The fraction of sp³-hybridized carbons (Fsp3) is 0.0750. The maximum Gasteiger partial charge on any atom is 0.164 e. The SMILES string of the molecule is CC1(C)c2ccccc2-c2c1nnc1c3ccccc3n(-c3cccc(-c4nc(-c5ccccc5)nc(-c5ccccc5)n4)c3)c21. The molecule has 0 radical (unpaired) electrons. The van der Waals surface area contributed by atoms with Gasteiger partial charge >= 0.3 is 0 Å². The zero-order chi connectivity index (χ0) is 30.8. The minimum atomic E-state index is -0.261. The average Bonchev–Trinajstić information content (AvgIpc) is 3.58. The van der Waals surface area contributed by atoms with Gasteiger partial charge in [-0.15, -0.1) is 5.10 Å². The predicted molar refractivity (Wildman–Crippen MR) is 184 cm³/mol. The third-order valence-corrected chi connectivity index (χ3v) is 9.10. The highest BCUT2D eigenvalue weighted by Crippen LogP contribution is 2.51. The zero-order valence-electron chi connectivity index (χ0n) is 25.4. The van der Waals surface area contributed by atoms with Gasteiger partial charge in [0.1, 0.15) is 5.52 Å². The van der Waals surface area contributed by atoms with Crippen LogP contribution in [0.1, 0.15) is 25.1 Å². The molecule has 0 saturated heterocycles. The molecule has 5 aromatic carbocycles. The van der Waals surface area contributed by atoms with Crippen molar-refractivity contribution in [2.24, 2.45) is 0 Å². The Hall–Kier alpha value is -6.01. The molecule has 0 fully saturated rings. The molecule has 9 rings (SSSR count). The van der Waals surface area contributed by atoms with Crippen LogP contribution >= 0.6 is 0 Å². The number of nitrogens with zero attached hydrogens (tertiary/aromatic N) is 6. The summed E-state index contributed by atoms with van der Waals surface area (Å²) in [6, 6.07) is 45.7. The molecule has 0 atom stereocenters. The van der Waals surface area contributed by atoms with Crippen molar-refractivity contribution >= 4 is 21.9 Å². The van der Waals surface area contributed by atoms with E-state index in [-0.39, 0.29) is 5.41 Å². The molecule has 6 nitrogen and oxygen atoms in total. The molecule has 0 bridgehead atoms. The molecule has 8 aromatic rings. The van der Waals surface area contributed by atoms with Gasteiger partial charge < -0.3 is 4.57 Å². The monoisotopic (exact) mass is 592 g/mol. The third kappa shape index (κ3) is 3.93. The lowest BCUT2D eigenvalue weighted by Crippen LogP contribution is -2.17. The Morgan fingerprint density at radius 1 is 0.543 bits per heavy atom. The largest absolute Gasteiger partial charge is 0.307 e. The van der Waals surface area contributed by atoms with Gasteiger partial charge in [-0.3, -0.25) is 0 Å². The van der Waals surface area contributed by atoms with Gasteiger partial charge in [0.05, 0.1) is 16.7 Å². The van der Waals surface area contributed by atoms with Crippen molar-refractivity contribution in [3.8, 4) is 51.0 Å². The first kappa shape index (κ1) is 26.4. The van der Waals surface area contributed by atoms with Gasteiger partial charge in [-0.05, 0) is 29.3 Å². The Kier molecular flexibility index (Phi) is 5.74. The summed E-state index contributed by atoms with van der Waals surface area (Å²) in [7, 11) is 0. The van der Waals surface area contributed by atoms with Crippen LogP contribution in [0.5, 0.6) is 0 Å². The first-order valence-corrected chi connectivity index (χ1v) is 15.5. The molecule has 46 heavy (non-hydrogen) atoms. The lowest BCUT2D eigenvalue weighted by Gasteiger charge is -2.19. The van der Waals surface area contributed by atoms with E-state index in [1.165, 1.54) is 11.1 Å². The van der Waals surface area contributed by atoms with E-state index in [2.05, 4.69) is 91.2 Å². The van der Waals surface area contributed by atoms with E-state index < -0.39 is 0 Å². The van der Waals surface area contributed by atoms with Crippen LogP contribution < -0.4 is 0 Å². The van der Waals surface area contributed by atoms with E-state index in [1.54, 1.807) is 0 Å². The van der Waals surface area contributed by atoms with Crippen molar-refractivity contribution in [1.82, 2.24) is 29.7 Å². The molecule has 0 spiro atoms. The van der Waals surface area contributed by atoms with Crippen molar-refractivity contribution < 1.29 is 0 Å². The van der Waals surface area contributed by atoms with Gasteiger partial charge in [0.15, 0.2) is 17.5 Å². The molecule has 6 heteroatoms. The van der Waals surface area contributed by atoms with Crippen molar-refractivity contribution in [3.63, 3.8) is 0 Å². The fourth-order valence-electron chi connectivity index (χ4n) is 6.87. The summed E-state index contributed by atoms with van der Waals surface area (Å²) in [6.45, 7) is 4.47. The van der Waals surface area contributed by atoms with Gasteiger partial charge in [-0.1, -0.05) is 129 Å². The number of benzene rings is 5. The predicted octanol–water partition coefficient (Wildman–Crippen LogP) is 9.07. The molecule has 1 aliphatic rings. The summed E-state index contributed by atoms with van der Waals surface area (Å²) in [5.41, 5.74) is 11.2. The summed E-state index contributed by atoms with van der Waals surface area (Å²) in [5, 5.41) is 10.8. The highest BCUT2D eigenvalue weighted by molar-refractivity contribution is 6.13. The van der Waals surface area contributed by atoms with Crippen LogP contribution in [0.2, 0.25) is 0 Å². The maximum atomic E-state index is 5.00. The second kappa shape index (κ2) is 10.0. The molecule has 0 aliphatic heterocycles. The molecule has 218 valence electrons. The van der Waals surface area contributed by atoms with E-state index in [9.17, 15) is 0 Å². The molecular formula is C40H28N6.